The van der Waals surface area contributed by atoms with Gasteiger partial charge in [-0.1, -0.05) is 24.6 Å². The Kier molecular flexibility index (Phi) is 17.1. The van der Waals surface area contributed by atoms with Crippen molar-refractivity contribution in [2.45, 2.75) is 66.0 Å². The van der Waals surface area contributed by atoms with Crippen LogP contribution >= 0.6 is 0 Å². The molecule has 0 bridgehead atoms. The first-order chi connectivity index (χ1) is 18.9. The molecule has 0 spiro atoms. The number of methoxy groups -OCH3 is 1. The number of carbonyl (C=O) groups is 3. The van der Waals surface area contributed by atoms with E-state index >= 15 is 0 Å². The van der Waals surface area contributed by atoms with Crippen molar-refractivity contribution in [3.63, 3.8) is 0 Å². The molecule has 10 nitrogen and oxygen atoms in total. The maximum atomic E-state index is 14.4. The number of halogens is 1. The van der Waals surface area contributed by atoms with Crippen molar-refractivity contribution >= 4 is 18.0 Å². The van der Waals surface area contributed by atoms with Crippen LogP contribution in [0.25, 0.3) is 0 Å². The molecule has 0 aromatic heterocycles. The maximum absolute atomic E-state index is 14.4. The van der Waals surface area contributed by atoms with Gasteiger partial charge in [0.2, 0.25) is 5.91 Å². The number of alkyl carbamates (subject to hydrolysis) is 1. The van der Waals surface area contributed by atoms with E-state index in [0.29, 0.717) is 71.1 Å². The molecule has 0 aliphatic heterocycles. The molecule has 228 valence electrons. The number of rotatable bonds is 19. The molecule has 1 rings (SSSR count). The smallest absolute Gasteiger partial charge is 0.407 e. The van der Waals surface area contributed by atoms with Crippen LogP contribution in [0.15, 0.2) is 18.2 Å². The molecule has 1 N–H and O–H groups in total. The molecule has 11 heteroatoms. The summed E-state index contributed by atoms with van der Waals surface area (Å²) in [5.74, 6) is -1.67. The Balaban J connectivity index is 2.25. The Hall–Kier alpha value is -2.76. The van der Waals surface area contributed by atoms with Gasteiger partial charge in [-0.05, 0) is 46.6 Å². The van der Waals surface area contributed by atoms with E-state index in [1.54, 1.807) is 24.0 Å². The first-order valence-electron chi connectivity index (χ1n) is 13.7. The fourth-order valence-electron chi connectivity index (χ4n) is 3.61. The molecule has 1 aromatic carbocycles. The van der Waals surface area contributed by atoms with Crippen LogP contribution in [0.3, 0.4) is 0 Å². The van der Waals surface area contributed by atoms with Gasteiger partial charge < -0.3 is 33.9 Å². The van der Waals surface area contributed by atoms with Crippen LogP contribution in [0.2, 0.25) is 0 Å². The van der Waals surface area contributed by atoms with Crippen LogP contribution in [0.5, 0.6) is 0 Å². The normalized spacial score (nSPS) is 12.1. The van der Waals surface area contributed by atoms with E-state index in [4.69, 9.17) is 18.9 Å². The summed E-state index contributed by atoms with van der Waals surface area (Å²) in [5.41, 5.74) is 0.805. The number of hydrogen-bond acceptors (Lipinski definition) is 8. The Labute approximate surface area is 237 Å². The Morgan fingerprint density at radius 3 is 2.17 bits per heavy atom. The van der Waals surface area contributed by atoms with E-state index in [1.165, 1.54) is 13.2 Å². The van der Waals surface area contributed by atoms with Crippen molar-refractivity contribution < 1.29 is 42.5 Å². The topological polar surface area (TPSA) is 113 Å². The highest BCUT2D eigenvalue weighted by Crippen LogP contribution is 2.17. The van der Waals surface area contributed by atoms with E-state index in [2.05, 4.69) is 10.1 Å². The number of amides is 2. The van der Waals surface area contributed by atoms with Gasteiger partial charge in [-0.2, -0.15) is 0 Å². The maximum Gasteiger partial charge on any atom is 0.407 e. The summed E-state index contributed by atoms with van der Waals surface area (Å²) < 4.78 is 40.8. The summed E-state index contributed by atoms with van der Waals surface area (Å²) in [7, 11) is 1.28. The third-order valence-corrected chi connectivity index (χ3v) is 5.59. The molecule has 0 aliphatic rings. The van der Waals surface area contributed by atoms with Crippen LogP contribution in [-0.4, -0.2) is 88.3 Å². The molecule has 0 radical (unpaired) electrons. The summed E-state index contributed by atoms with van der Waals surface area (Å²) >= 11 is 0. The van der Waals surface area contributed by atoms with Gasteiger partial charge in [-0.3, -0.25) is 9.59 Å². The molecule has 0 saturated heterocycles. The largest absolute Gasteiger partial charge is 0.469 e. The fraction of sp³-hybridized carbons (Fsp3) is 0.690. The number of hydrogen-bond donors (Lipinski definition) is 1. The minimum atomic E-state index is -0.585. The van der Waals surface area contributed by atoms with E-state index in [9.17, 15) is 18.8 Å². The molecule has 0 saturated carbocycles. The molecular formula is C29H47FN2O8. The van der Waals surface area contributed by atoms with Crippen LogP contribution in [-0.2, 0) is 39.8 Å². The lowest BCUT2D eigenvalue weighted by molar-refractivity contribution is -0.146. The van der Waals surface area contributed by atoms with Gasteiger partial charge in [0, 0.05) is 44.3 Å². The second-order valence-electron chi connectivity index (χ2n) is 10.5. The molecule has 1 aromatic rings. The van der Waals surface area contributed by atoms with Crippen LogP contribution < -0.4 is 5.32 Å². The zero-order valence-corrected chi connectivity index (χ0v) is 24.9. The predicted octanol–water partition coefficient (Wildman–Crippen LogP) is 4.02. The van der Waals surface area contributed by atoms with Gasteiger partial charge in [0.15, 0.2) is 0 Å². The van der Waals surface area contributed by atoms with Gasteiger partial charge >= 0.3 is 12.1 Å². The monoisotopic (exact) mass is 570 g/mol. The van der Waals surface area contributed by atoms with E-state index in [0.717, 1.165) is 5.56 Å². The number of benzene rings is 1. The van der Waals surface area contributed by atoms with Crippen LogP contribution in [0.4, 0.5) is 9.18 Å². The van der Waals surface area contributed by atoms with Gasteiger partial charge in [0.1, 0.15) is 11.4 Å². The van der Waals surface area contributed by atoms with Crippen LogP contribution in [0, 0.1) is 18.7 Å². The molecule has 0 fully saturated rings. The summed E-state index contributed by atoms with van der Waals surface area (Å²) in [6.07, 6.45) is 0.732. The van der Waals surface area contributed by atoms with E-state index < -0.39 is 23.6 Å². The summed E-state index contributed by atoms with van der Waals surface area (Å²) in [6, 6.07) is 4.79. The highest BCUT2D eigenvalue weighted by atomic mass is 19.1. The first-order valence-corrected chi connectivity index (χ1v) is 13.7. The van der Waals surface area contributed by atoms with Gasteiger partial charge in [-0.15, -0.1) is 0 Å². The Bertz CT molecular complexity index is 907. The van der Waals surface area contributed by atoms with Crippen molar-refractivity contribution in [2.75, 3.05) is 59.8 Å². The average molecular weight is 571 g/mol. The lowest BCUT2D eigenvalue weighted by atomic mass is 10.0. The number of nitrogens with zero attached hydrogens (tertiary/aromatic N) is 1. The summed E-state index contributed by atoms with van der Waals surface area (Å²) in [4.78, 5) is 37.8. The zero-order valence-electron chi connectivity index (χ0n) is 24.9. The Morgan fingerprint density at radius 1 is 0.975 bits per heavy atom. The lowest BCUT2D eigenvalue weighted by Crippen LogP contribution is -2.37. The minimum absolute atomic E-state index is 0.0390. The number of nitrogens with one attached hydrogen (secondary N) is 1. The Morgan fingerprint density at radius 2 is 1.57 bits per heavy atom. The van der Waals surface area contributed by atoms with Crippen molar-refractivity contribution in [3.8, 4) is 0 Å². The van der Waals surface area contributed by atoms with Crippen molar-refractivity contribution in [1.29, 1.82) is 0 Å². The molecule has 0 heterocycles. The lowest BCUT2D eigenvalue weighted by Gasteiger charge is -2.26. The second kappa shape index (κ2) is 19.3. The molecule has 1 atom stereocenters. The molecule has 0 unspecified atom stereocenters. The highest BCUT2D eigenvalue weighted by Gasteiger charge is 2.24. The van der Waals surface area contributed by atoms with Gasteiger partial charge in [0.05, 0.1) is 40.0 Å². The van der Waals surface area contributed by atoms with E-state index in [-0.39, 0.29) is 24.7 Å². The standard InChI is InChI=1S/C29H47FN2O8/c1-22-9-10-25(30)24(19-22)21-32(27(34)23(2)20-26(33)36-6)12-8-14-38-16-18-39-17-15-37-13-7-11-31-28(35)40-29(3,4)5/h9-10,19,23H,7-8,11-18,20-21H2,1-6H3,(H,31,35)/t23-/m1/s1. The number of aryl methyl sites for hydroxylation is 1. The van der Waals surface area contributed by atoms with Gasteiger partial charge in [-0.25, -0.2) is 9.18 Å². The fourth-order valence-corrected chi connectivity index (χ4v) is 3.61. The van der Waals surface area contributed by atoms with Crippen molar-refractivity contribution in [1.82, 2.24) is 10.2 Å². The third kappa shape index (κ3) is 16.4. The molecule has 0 aliphatic carbocycles. The minimum Gasteiger partial charge on any atom is -0.469 e. The summed E-state index contributed by atoms with van der Waals surface area (Å²) in [6.45, 7) is 12.4. The van der Waals surface area contributed by atoms with E-state index in [1.807, 2.05) is 27.7 Å². The van der Waals surface area contributed by atoms with Gasteiger partial charge in [0.25, 0.3) is 0 Å². The van der Waals surface area contributed by atoms with Crippen LogP contribution in [0.1, 0.15) is 58.1 Å². The highest BCUT2D eigenvalue weighted by molar-refractivity contribution is 5.83. The average Bonchev–Trinajstić information content (AvgIpc) is 2.88. The molecular weight excluding hydrogens is 523 g/mol. The number of ether oxygens (including phenoxy) is 5. The zero-order chi connectivity index (χ0) is 30.0. The third-order valence-electron chi connectivity index (χ3n) is 5.59. The molecule has 40 heavy (non-hydrogen) atoms. The predicted molar refractivity (Wildman–Crippen MR) is 148 cm³/mol. The molecule has 2 amide bonds. The van der Waals surface area contributed by atoms with Crippen molar-refractivity contribution in [3.05, 3.63) is 35.1 Å². The quantitative estimate of drug-likeness (QED) is 0.196. The summed E-state index contributed by atoms with van der Waals surface area (Å²) in [5, 5.41) is 2.67. The number of carbonyl (C=O) groups excluding carboxylic acids is 3. The first kappa shape index (κ1) is 35.3. The SMILES string of the molecule is COC(=O)C[C@@H](C)C(=O)N(CCCOCCOCCOCCCNC(=O)OC(C)(C)C)Cc1cc(C)ccc1F. The number of esters is 1. The second-order valence-corrected chi connectivity index (χ2v) is 10.5. The van der Waals surface area contributed by atoms with Crippen molar-refractivity contribution in [2.24, 2.45) is 5.92 Å².